The van der Waals surface area contributed by atoms with E-state index in [1.54, 1.807) is 19.1 Å². The number of carbonyl (C=O) groups excluding carboxylic acids is 2. The molecule has 8 heteroatoms. The summed E-state index contributed by atoms with van der Waals surface area (Å²) < 4.78 is 31.5. The maximum Gasteiger partial charge on any atom is 0.307 e. The summed E-state index contributed by atoms with van der Waals surface area (Å²) in [6, 6.07) is 5.73. The lowest BCUT2D eigenvalue weighted by Crippen LogP contribution is -2.56. The molecule has 0 bridgehead atoms. The van der Waals surface area contributed by atoms with Crippen LogP contribution in [0.15, 0.2) is 29.2 Å². The second-order valence-electron chi connectivity index (χ2n) is 5.33. The second-order valence-corrected chi connectivity index (χ2v) is 7.22. The van der Waals surface area contributed by atoms with E-state index in [1.165, 1.54) is 12.1 Å². The molecule has 2 rings (SSSR count). The molecule has 7 nitrogen and oxygen atoms in total. The molecule has 1 amide bonds. The van der Waals surface area contributed by atoms with E-state index in [9.17, 15) is 18.0 Å². The Morgan fingerprint density at radius 3 is 2.61 bits per heavy atom. The lowest BCUT2D eigenvalue weighted by atomic mass is 10.1. The van der Waals surface area contributed by atoms with Gasteiger partial charge in [0.15, 0.2) is 0 Å². The third-order valence-corrected chi connectivity index (χ3v) is 5.49. The van der Waals surface area contributed by atoms with Gasteiger partial charge >= 0.3 is 5.97 Å². The molecule has 0 unspecified atom stereocenters. The van der Waals surface area contributed by atoms with Crippen LogP contribution in [-0.4, -0.2) is 50.3 Å². The zero-order valence-electron chi connectivity index (χ0n) is 13.1. The summed E-state index contributed by atoms with van der Waals surface area (Å²) in [6.07, 6.45) is -0.0980. The maximum absolute atomic E-state index is 12.8. The van der Waals surface area contributed by atoms with Crippen molar-refractivity contribution in [3.8, 4) is 0 Å². The first-order valence-electron chi connectivity index (χ1n) is 7.35. The van der Waals surface area contributed by atoms with E-state index >= 15 is 0 Å². The van der Waals surface area contributed by atoms with Gasteiger partial charge in [-0.15, -0.1) is 0 Å². The van der Waals surface area contributed by atoms with Crippen LogP contribution in [0.2, 0.25) is 0 Å². The van der Waals surface area contributed by atoms with Gasteiger partial charge in [0, 0.05) is 6.54 Å². The predicted molar refractivity (Wildman–Crippen MR) is 83.1 cm³/mol. The number of hydrogen-bond acceptors (Lipinski definition) is 5. The first-order valence-corrected chi connectivity index (χ1v) is 8.79. The molecule has 1 aromatic rings. The Morgan fingerprint density at radius 2 is 2.00 bits per heavy atom. The van der Waals surface area contributed by atoms with E-state index in [4.69, 9.17) is 4.74 Å². The van der Waals surface area contributed by atoms with Gasteiger partial charge in [0.25, 0.3) is 0 Å². The molecule has 1 heterocycles. The summed E-state index contributed by atoms with van der Waals surface area (Å²) in [5, 5.41) is 2.59. The molecule has 23 heavy (non-hydrogen) atoms. The first-order chi connectivity index (χ1) is 10.8. The Morgan fingerprint density at radius 1 is 1.35 bits per heavy atom. The molecule has 1 aliphatic heterocycles. The van der Waals surface area contributed by atoms with Crippen LogP contribution < -0.4 is 5.32 Å². The van der Waals surface area contributed by atoms with E-state index in [0.29, 0.717) is 0 Å². The van der Waals surface area contributed by atoms with Crippen LogP contribution in [0.3, 0.4) is 0 Å². The molecular weight excluding hydrogens is 320 g/mol. The highest BCUT2D eigenvalue weighted by Gasteiger charge is 2.37. The van der Waals surface area contributed by atoms with Gasteiger partial charge in [-0.25, -0.2) is 8.42 Å². The van der Waals surface area contributed by atoms with Gasteiger partial charge < -0.3 is 10.1 Å². The van der Waals surface area contributed by atoms with Gasteiger partial charge in [-0.1, -0.05) is 17.7 Å². The predicted octanol–water partition coefficient (Wildman–Crippen LogP) is 0.437. The smallest absolute Gasteiger partial charge is 0.307 e. The zero-order valence-corrected chi connectivity index (χ0v) is 13.9. The number of nitrogens with zero attached hydrogens (tertiary/aromatic N) is 1. The van der Waals surface area contributed by atoms with Gasteiger partial charge in [-0.3, -0.25) is 9.59 Å². The van der Waals surface area contributed by atoms with E-state index in [0.717, 1.165) is 9.87 Å². The number of benzene rings is 1. The van der Waals surface area contributed by atoms with Gasteiger partial charge in [0.2, 0.25) is 15.9 Å². The van der Waals surface area contributed by atoms with Crippen LogP contribution in [0.1, 0.15) is 18.9 Å². The van der Waals surface area contributed by atoms with Crippen molar-refractivity contribution in [2.45, 2.75) is 31.2 Å². The molecule has 1 aromatic carbocycles. The number of carbonyl (C=O) groups is 2. The van der Waals surface area contributed by atoms with Crippen molar-refractivity contribution in [3.63, 3.8) is 0 Å². The Bertz CT molecular complexity index is 684. The molecule has 1 aliphatic rings. The van der Waals surface area contributed by atoms with Crippen molar-refractivity contribution in [3.05, 3.63) is 29.8 Å². The molecule has 0 aromatic heterocycles. The van der Waals surface area contributed by atoms with Gasteiger partial charge in [-0.05, 0) is 26.0 Å². The van der Waals surface area contributed by atoms with Crippen LogP contribution in [0.4, 0.5) is 0 Å². The summed E-state index contributed by atoms with van der Waals surface area (Å²) in [4.78, 5) is 23.4. The molecule has 126 valence electrons. The second kappa shape index (κ2) is 7.10. The van der Waals surface area contributed by atoms with Crippen molar-refractivity contribution in [2.75, 3.05) is 19.7 Å². The topological polar surface area (TPSA) is 92.8 Å². The summed E-state index contributed by atoms with van der Waals surface area (Å²) in [5.74, 6) is -0.876. The average molecular weight is 340 g/mol. The molecule has 0 saturated carbocycles. The minimum Gasteiger partial charge on any atom is -0.466 e. The normalized spacial score (nSPS) is 19.2. The molecule has 1 saturated heterocycles. The Balaban J connectivity index is 2.28. The van der Waals surface area contributed by atoms with Crippen LogP contribution >= 0.6 is 0 Å². The fourth-order valence-corrected chi connectivity index (χ4v) is 3.95. The van der Waals surface area contributed by atoms with Gasteiger partial charge in [0.05, 0.1) is 30.5 Å². The summed E-state index contributed by atoms with van der Waals surface area (Å²) in [5.41, 5.74) is 0.934. The zero-order chi connectivity index (χ0) is 17.0. The molecule has 1 fully saturated rings. The minimum absolute atomic E-state index is 0.0861. The van der Waals surface area contributed by atoms with Gasteiger partial charge in [0.1, 0.15) is 0 Å². The largest absolute Gasteiger partial charge is 0.466 e. The molecular formula is C15H20N2O5S. The Hall–Kier alpha value is -1.93. The number of hydrogen-bond donors (Lipinski definition) is 1. The van der Waals surface area contributed by atoms with E-state index in [2.05, 4.69) is 5.32 Å². The minimum atomic E-state index is -3.86. The Kier molecular flexibility index (Phi) is 5.38. The summed E-state index contributed by atoms with van der Waals surface area (Å²) in [6.45, 7) is 3.54. The van der Waals surface area contributed by atoms with E-state index < -0.39 is 22.0 Å². The fourth-order valence-electron chi connectivity index (χ4n) is 2.37. The van der Waals surface area contributed by atoms with Gasteiger partial charge in [-0.2, -0.15) is 4.31 Å². The highest BCUT2D eigenvalue weighted by atomic mass is 32.2. The first kappa shape index (κ1) is 17.4. The van der Waals surface area contributed by atoms with E-state index in [-0.39, 0.29) is 36.9 Å². The van der Waals surface area contributed by atoms with Crippen LogP contribution in [-0.2, 0) is 24.3 Å². The lowest BCUT2D eigenvalue weighted by molar-refractivity contribution is -0.145. The van der Waals surface area contributed by atoms with Crippen molar-refractivity contribution in [1.82, 2.24) is 9.62 Å². The van der Waals surface area contributed by atoms with Crippen LogP contribution in [0.25, 0.3) is 0 Å². The van der Waals surface area contributed by atoms with Crippen molar-refractivity contribution >= 4 is 21.9 Å². The lowest BCUT2D eigenvalue weighted by Gasteiger charge is -2.33. The molecule has 1 atom stereocenters. The van der Waals surface area contributed by atoms with Crippen LogP contribution in [0.5, 0.6) is 0 Å². The molecule has 0 spiro atoms. The number of rotatable bonds is 5. The van der Waals surface area contributed by atoms with Crippen molar-refractivity contribution in [1.29, 1.82) is 0 Å². The number of ether oxygens (including phenoxy) is 1. The van der Waals surface area contributed by atoms with Crippen molar-refractivity contribution in [2.24, 2.45) is 0 Å². The monoisotopic (exact) mass is 340 g/mol. The molecule has 1 N–H and O–H groups in total. The number of nitrogens with one attached hydrogen (secondary N) is 1. The van der Waals surface area contributed by atoms with Crippen LogP contribution in [0, 0.1) is 6.92 Å². The third kappa shape index (κ3) is 4.08. The number of piperazine rings is 1. The molecule has 0 aliphatic carbocycles. The average Bonchev–Trinajstić information content (AvgIpc) is 2.49. The number of amides is 1. The van der Waals surface area contributed by atoms with E-state index in [1.807, 2.05) is 6.92 Å². The summed E-state index contributed by atoms with van der Waals surface area (Å²) in [7, 11) is -3.86. The van der Waals surface area contributed by atoms with Crippen molar-refractivity contribution < 1.29 is 22.7 Å². The fraction of sp³-hybridized carbons (Fsp3) is 0.467. The SMILES string of the molecule is CCOC(=O)C[C@@H]1CNC(=O)CN1S(=O)(=O)c1ccc(C)cc1. The number of sulfonamides is 1. The standard InChI is InChI=1S/C15H20N2O5S/c1-3-22-15(19)8-12-9-16-14(18)10-17(12)23(20,21)13-6-4-11(2)5-7-13/h4-7,12H,3,8-10H2,1-2H3,(H,16,18)/t12-/m1/s1. The quantitative estimate of drug-likeness (QED) is 0.785. The third-order valence-electron chi connectivity index (χ3n) is 3.58. The molecule has 0 radical (unpaired) electrons. The highest BCUT2D eigenvalue weighted by Crippen LogP contribution is 2.22. The number of esters is 1. The highest BCUT2D eigenvalue weighted by molar-refractivity contribution is 7.89. The summed E-state index contributed by atoms with van der Waals surface area (Å²) >= 11 is 0. The number of aryl methyl sites for hydroxylation is 1. The Labute approximate surface area is 135 Å². The maximum atomic E-state index is 12.8.